The fraction of sp³-hybridized carbons (Fsp3) is 0.200. The topological polar surface area (TPSA) is 66.4 Å². The summed E-state index contributed by atoms with van der Waals surface area (Å²) in [6.07, 6.45) is -0.302. The van der Waals surface area contributed by atoms with E-state index in [4.69, 9.17) is 16.7 Å². The first-order valence-corrected chi connectivity index (χ1v) is 4.94. The number of carbonyl (C=O) groups excluding carboxylic acids is 1. The van der Waals surface area contributed by atoms with Crippen LogP contribution in [-0.2, 0) is 4.79 Å². The van der Waals surface area contributed by atoms with E-state index in [1.54, 1.807) is 0 Å². The van der Waals surface area contributed by atoms with Crippen LogP contribution in [0.1, 0.15) is 16.8 Å². The summed E-state index contributed by atoms with van der Waals surface area (Å²) in [5.41, 5.74) is -0.516. The van der Waals surface area contributed by atoms with Gasteiger partial charge >= 0.3 is 5.97 Å². The number of halogens is 3. The van der Waals surface area contributed by atoms with Crippen LogP contribution in [-0.4, -0.2) is 23.5 Å². The Labute approximate surface area is 100 Å². The Morgan fingerprint density at radius 2 is 1.94 bits per heavy atom. The Bertz CT molecular complexity index is 465. The van der Waals surface area contributed by atoms with Crippen molar-refractivity contribution in [2.45, 2.75) is 6.42 Å². The zero-order chi connectivity index (χ0) is 13.0. The number of carboxylic acid groups (broad SMARTS) is 1. The monoisotopic (exact) mass is 263 g/mol. The van der Waals surface area contributed by atoms with Crippen molar-refractivity contribution in [3.63, 3.8) is 0 Å². The normalized spacial score (nSPS) is 10.1. The maximum absolute atomic E-state index is 13.2. The number of aliphatic carboxylic acids is 1. The van der Waals surface area contributed by atoms with Crippen LogP contribution in [0.2, 0.25) is 5.02 Å². The number of carbonyl (C=O) groups is 2. The standard InChI is InChI=1S/C10H8ClF2NO3/c11-6-4-7(12)5(3-8(6)13)10(17)14-2-1-9(15)16/h3-4H,1-2H2,(H,14,17)(H,15,16). The van der Waals surface area contributed by atoms with Crippen molar-refractivity contribution in [1.29, 1.82) is 0 Å². The van der Waals surface area contributed by atoms with Crippen molar-refractivity contribution in [2.24, 2.45) is 0 Å². The molecular formula is C10H8ClF2NO3. The molecule has 1 aromatic carbocycles. The van der Waals surface area contributed by atoms with Crippen LogP contribution in [0.5, 0.6) is 0 Å². The molecule has 1 rings (SSSR count). The largest absolute Gasteiger partial charge is 0.481 e. The minimum absolute atomic E-state index is 0.169. The van der Waals surface area contributed by atoms with Gasteiger partial charge in [-0.2, -0.15) is 0 Å². The molecular weight excluding hydrogens is 256 g/mol. The average Bonchev–Trinajstić information content (AvgIpc) is 2.22. The summed E-state index contributed by atoms with van der Waals surface area (Å²) < 4.78 is 26.2. The molecule has 17 heavy (non-hydrogen) atoms. The molecule has 0 saturated carbocycles. The number of benzene rings is 1. The Hall–Kier alpha value is -1.69. The third-order valence-corrected chi connectivity index (χ3v) is 2.17. The molecule has 1 amide bonds. The Balaban J connectivity index is 2.75. The molecule has 0 radical (unpaired) electrons. The van der Waals surface area contributed by atoms with Gasteiger partial charge in [0, 0.05) is 6.54 Å². The van der Waals surface area contributed by atoms with Gasteiger partial charge in [-0.3, -0.25) is 9.59 Å². The number of nitrogens with one attached hydrogen (secondary N) is 1. The quantitative estimate of drug-likeness (QED) is 0.815. The lowest BCUT2D eigenvalue weighted by molar-refractivity contribution is -0.136. The minimum atomic E-state index is -1.10. The summed E-state index contributed by atoms with van der Waals surface area (Å²) in [6, 6.07) is 1.34. The van der Waals surface area contributed by atoms with Gasteiger partial charge in [-0.25, -0.2) is 8.78 Å². The molecule has 0 spiro atoms. The summed E-state index contributed by atoms with van der Waals surface area (Å²) in [6.45, 7) is -0.169. The smallest absolute Gasteiger partial charge is 0.305 e. The third-order valence-electron chi connectivity index (χ3n) is 1.88. The lowest BCUT2D eigenvalue weighted by Crippen LogP contribution is -2.27. The van der Waals surface area contributed by atoms with Crippen LogP contribution in [0.15, 0.2) is 12.1 Å². The highest BCUT2D eigenvalue weighted by molar-refractivity contribution is 6.30. The van der Waals surface area contributed by atoms with Crippen LogP contribution >= 0.6 is 11.6 Å². The second-order valence-electron chi connectivity index (χ2n) is 3.15. The third kappa shape index (κ3) is 3.67. The molecule has 0 unspecified atom stereocenters. The van der Waals surface area contributed by atoms with Gasteiger partial charge in [0.15, 0.2) is 0 Å². The highest BCUT2D eigenvalue weighted by Gasteiger charge is 2.15. The predicted octanol–water partition coefficient (Wildman–Crippen LogP) is 1.82. The average molecular weight is 264 g/mol. The molecule has 2 N–H and O–H groups in total. The molecule has 0 bridgehead atoms. The van der Waals surface area contributed by atoms with Gasteiger partial charge in [-0.05, 0) is 12.1 Å². The first kappa shape index (κ1) is 13.4. The van der Waals surface area contributed by atoms with Crippen LogP contribution in [0.3, 0.4) is 0 Å². The van der Waals surface area contributed by atoms with Crippen molar-refractivity contribution in [3.8, 4) is 0 Å². The highest BCUT2D eigenvalue weighted by Crippen LogP contribution is 2.19. The van der Waals surface area contributed by atoms with Gasteiger partial charge < -0.3 is 10.4 Å². The Morgan fingerprint density at radius 3 is 2.53 bits per heavy atom. The zero-order valence-electron chi connectivity index (χ0n) is 8.47. The summed E-state index contributed by atoms with van der Waals surface area (Å²) in [5, 5.41) is 10.1. The Morgan fingerprint density at radius 1 is 1.29 bits per heavy atom. The van der Waals surface area contributed by atoms with Crippen molar-refractivity contribution in [1.82, 2.24) is 5.32 Å². The van der Waals surface area contributed by atoms with E-state index in [-0.39, 0.29) is 13.0 Å². The second-order valence-corrected chi connectivity index (χ2v) is 3.55. The molecule has 7 heteroatoms. The molecule has 92 valence electrons. The molecule has 1 aromatic rings. The zero-order valence-corrected chi connectivity index (χ0v) is 9.22. The van der Waals surface area contributed by atoms with Crippen molar-refractivity contribution >= 4 is 23.5 Å². The maximum Gasteiger partial charge on any atom is 0.305 e. The summed E-state index contributed by atoms with van der Waals surface area (Å²) in [5.74, 6) is -3.88. The van der Waals surface area contributed by atoms with E-state index < -0.39 is 34.1 Å². The van der Waals surface area contributed by atoms with E-state index in [1.165, 1.54) is 0 Å². The van der Waals surface area contributed by atoms with Crippen molar-refractivity contribution < 1.29 is 23.5 Å². The first-order chi connectivity index (χ1) is 7.91. The molecule has 0 aliphatic carbocycles. The van der Waals surface area contributed by atoms with Crippen LogP contribution in [0.4, 0.5) is 8.78 Å². The molecule has 0 aliphatic heterocycles. The highest BCUT2D eigenvalue weighted by atomic mass is 35.5. The second kappa shape index (κ2) is 5.58. The van der Waals surface area contributed by atoms with E-state index >= 15 is 0 Å². The van der Waals surface area contributed by atoms with Crippen molar-refractivity contribution in [3.05, 3.63) is 34.4 Å². The van der Waals surface area contributed by atoms with Gasteiger partial charge in [-0.15, -0.1) is 0 Å². The SMILES string of the molecule is O=C(O)CCNC(=O)c1cc(F)c(Cl)cc1F. The summed E-state index contributed by atoms with van der Waals surface area (Å²) >= 11 is 5.31. The fourth-order valence-electron chi connectivity index (χ4n) is 1.07. The minimum Gasteiger partial charge on any atom is -0.481 e. The Kier molecular flexibility index (Phi) is 4.39. The van der Waals surface area contributed by atoms with Gasteiger partial charge in [0.1, 0.15) is 11.6 Å². The number of rotatable bonds is 4. The molecule has 0 fully saturated rings. The van der Waals surface area contributed by atoms with Crippen molar-refractivity contribution in [2.75, 3.05) is 6.54 Å². The molecule has 0 aliphatic rings. The number of hydrogen-bond acceptors (Lipinski definition) is 2. The summed E-state index contributed by atoms with van der Waals surface area (Å²) in [7, 11) is 0. The fourth-order valence-corrected chi connectivity index (χ4v) is 1.23. The van der Waals surface area contributed by atoms with E-state index in [0.717, 1.165) is 0 Å². The van der Waals surface area contributed by atoms with E-state index in [2.05, 4.69) is 5.32 Å². The number of amides is 1. The predicted molar refractivity (Wildman–Crippen MR) is 56.0 cm³/mol. The molecule has 0 atom stereocenters. The molecule has 0 heterocycles. The molecule has 0 saturated heterocycles. The first-order valence-electron chi connectivity index (χ1n) is 4.56. The van der Waals surface area contributed by atoms with Crippen LogP contribution < -0.4 is 5.32 Å². The van der Waals surface area contributed by atoms with Crippen LogP contribution in [0.25, 0.3) is 0 Å². The lowest BCUT2D eigenvalue weighted by Gasteiger charge is -2.05. The number of hydrogen-bond donors (Lipinski definition) is 2. The number of carboxylic acids is 1. The maximum atomic E-state index is 13.2. The van der Waals surface area contributed by atoms with Gasteiger partial charge in [0.05, 0.1) is 17.0 Å². The van der Waals surface area contributed by atoms with Gasteiger partial charge in [0.2, 0.25) is 0 Å². The molecule has 0 aromatic heterocycles. The summed E-state index contributed by atoms with van der Waals surface area (Å²) in [4.78, 5) is 21.5. The van der Waals surface area contributed by atoms with Gasteiger partial charge in [-0.1, -0.05) is 11.6 Å². The van der Waals surface area contributed by atoms with E-state index in [9.17, 15) is 18.4 Å². The van der Waals surface area contributed by atoms with E-state index in [1.807, 2.05) is 0 Å². The van der Waals surface area contributed by atoms with E-state index in [0.29, 0.717) is 12.1 Å². The van der Waals surface area contributed by atoms with Crippen LogP contribution in [0, 0.1) is 11.6 Å². The van der Waals surface area contributed by atoms with Gasteiger partial charge in [0.25, 0.3) is 5.91 Å². The molecule has 4 nitrogen and oxygen atoms in total. The lowest BCUT2D eigenvalue weighted by atomic mass is 10.2.